The molecule has 8 heteroatoms. The van der Waals surface area contributed by atoms with Crippen LogP contribution in [0.5, 0.6) is 0 Å². The molecule has 1 aliphatic rings. The van der Waals surface area contributed by atoms with Crippen LogP contribution in [0, 0.1) is 6.92 Å². The van der Waals surface area contributed by atoms with Gasteiger partial charge in [-0.25, -0.2) is 4.68 Å². The molecule has 1 amide bonds. The molecule has 4 rings (SSSR count). The number of ketones is 1. The van der Waals surface area contributed by atoms with Crippen LogP contribution < -0.4 is 4.90 Å². The quantitative estimate of drug-likeness (QED) is 0.635. The van der Waals surface area contributed by atoms with E-state index in [1.165, 1.54) is 0 Å². The highest BCUT2D eigenvalue weighted by Crippen LogP contribution is 2.24. The van der Waals surface area contributed by atoms with Gasteiger partial charge in [0.1, 0.15) is 23.1 Å². The van der Waals surface area contributed by atoms with Gasteiger partial charge in [0, 0.05) is 42.1 Å². The van der Waals surface area contributed by atoms with Crippen LogP contribution in [0.2, 0.25) is 5.02 Å². The number of hydrogen-bond donors (Lipinski definition) is 0. The number of fused-ring (bicyclic) bond motifs is 1. The molecule has 0 radical (unpaired) electrons. The second kappa shape index (κ2) is 7.59. The molecule has 7 nitrogen and oxygen atoms in total. The summed E-state index contributed by atoms with van der Waals surface area (Å²) in [6, 6.07) is 10.9. The first-order valence-corrected chi connectivity index (χ1v) is 9.45. The van der Waals surface area contributed by atoms with Crippen LogP contribution >= 0.6 is 11.6 Å². The Balaban J connectivity index is 1.32. The molecular weight excluding hydrogens is 380 g/mol. The van der Waals surface area contributed by atoms with Crippen LogP contribution in [0.1, 0.15) is 24.3 Å². The van der Waals surface area contributed by atoms with Gasteiger partial charge in [-0.2, -0.15) is 5.10 Å². The fourth-order valence-electron chi connectivity index (χ4n) is 3.32. The van der Waals surface area contributed by atoms with E-state index in [0.29, 0.717) is 29.6 Å². The highest BCUT2D eigenvalue weighted by Gasteiger charge is 2.26. The number of halogens is 1. The van der Waals surface area contributed by atoms with Gasteiger partial charge in [0.2, 0.25) is 5.91 Å². The van der Waals surface area contributed by atoms with Gasteiger partial charge >= 0.3 is 0 Å². The number of anilines is 1. The Labute approximate surface area is 166 Å². The summed E-state index contributed by atoms with van der Waals surface area (Å²) >= 11 is 5.99. The fourth-order valence-corrected chi connectivity index (χ4v) is 3.51. The minimum Gasteiger partial charge on any atom is -0.360 e. The van der Waals surface area contributed by atoms with E-state index in [-0.39, 0.29) is 31.0 Å². The van der Waals surface area contributed by atoms with Gasteiger partial charge < -0.3 is 4.52 Å². The van der Waals surface area contributed by atoms with E-state index in [0.717, 1.165) is 17.1 Å². The Morgan fingerprint density at radius 2 is 2.04 bits per heavy atom. The number of carbonyl (C=O) groups is 2. The molecule has 0 unspecified atom stereocenters. The van der Waals surface area contributed by atoms with Crippen LogP contribution in [0.15, 0.2) is 40.9 Å². The van der Waals surface area contributed by atoms with Crippen LogP contribution in [-0.4, -0.2) is 33.2 Å². The number of aryl methyl sites for hydroxylation is 1. The lowest BCUT2D eigenvalue weighted by molar-refractivity contribution is -0.123. The molecule has 0 bridgehead atoms. The van der Waals surface area contributed by atoms with Crippen LogP contribution in [0.4, 0.5) is 5.82 Å². The monoisotopic (exact) mass is 398 g/mol. The van der Waals surface area contributed by atoms with Crippen molar-refractivity contribution in [3.8, 4) is 11.3 Å². The van der Waals surface area contributed by atoms with E-state index in [4.69, 9.17) is 16.1 Å². The van der Waals surface area contributed by atoms with Gasteiger partial charge in [-0.1, -0.05) is 28.9 Å². The van der Waals surface area contributed by atoms with Crippen molar-refractivity contribution in [1.29, 1.82) is 0 Å². The lowest BCUT2D eigenvalue weighted by Gasteiger charge is -2.14. The second-order valence-corrected chi connectivity index (χ2v) is 7.25. The predicted octanol–water partition coefficient (Wildman–Crippen LogP) is 3.44. The average molecular weight is 399 g/mol. The van der Waals surface area contributed by atoms with E-state index < -0.39 is 0 Å². The number of amides is 1. The average Bonchev–Trinajstić information content (AvgIpc) is 3.35. The zero-order valence-electron chi connectivity index (χ0n) is 15.4. The molecule has 28 heavy (non-hydrogen) atoms. The van der Waals surface area contributed by atoms with E-state index in [1.54, 1.807) is 23.1 Å². The molecular formula is C20H19ClN4O3. The molecule has 1 aromatic carbocycles. The third kappa shape index (κ3) is 3.84. The lowest BCUT2D eigenvalue weighted by Crippen LogP contribution is -2.29. The Morgan fingerprint density at radius 3 is 2.86 bits per heavy atom. The van der Waals surface area contributed by atoms with Gasteiger partial charge in [-0.05, 0) is 19.1 Å². The van der Waals surface area contributed by atoms with E-state index >= 15 is 0 Å². The summed E-state index contributed by atoms with van der Waals surface area (Å²) in [6.45, 7) is 3.18. The number of Topliss-reactive ketones (excluding diaryl/α,β-unsaturated/α-hetero) is 1. The molecule has 0 fully saturated rings. The van der Waals surface area contributed by atoms with E-state index in [1.807, 2.05) is 29.8 Å². The normalized spacial score (nSPS) is 13.0. The van der Waals surface area contributed by atoms with Gasteiger partial charge in [-0.15, -0.1) is 0 Å². The highest BCUT2D eigenvalue weighted by molar-refractivity contribution is 6.30. The minimum atomic E-state index is -0.0656. The van der Waals surface area contributed by atoms with Crippen LogP contribution in [0.3, 0.4) is 0 Å². The van der Waals surface area contributed by atoms with Crippen molar-refractivity contribution in [3.05, 3.63) is 52.9 Å². The third-order valence-corrected chi connectivity index (χ3v) is 4.90. The molecule has 0 saturated heterocycles. The fraction of sp³-hybridized carbons (Fsp3) is 0.300. The standard InChI is InChI=1S/C20H19ClN4O3/c1-13-9-19-24(7-8-25(19)22-13)20(27)6-5-16(26)11-17-12-18(23-28-17)14-3-2-4-15(21)10-14/h2-4,9-10,12H,5-8,11H2,1H3. The van der Waals surface area contributed by atoms with Crippen molar-refractivity contribution in [2.45, 2.75) is 32.7 Å². The van der Waals surface area contributed by atoms with Crippen molar-refractivity contribution >= 4 is 29.1 Å². The summed E-state index contributed by atoms with van der Waals surface area (Å²) in [4.78, 5) is 26.5. The van der Waals surface area contributed by atoms with Crippen LogP contribution in [-0.2, 0) is 22.6 Å². The first kappa shape index (κ1) is 18.4. The number of aromatic nitrogens is 3. The molecule has 0 spiro atoms. The number of hydrogen-bond acceptors (Lipinski definition) is 5. The second-order valence-electron chi connectivity index (χ2n) is 6.82. The molecule has 3 heterocycles. The highest BCUT2D eigenvalue weighted by atomic mass is 35.5. The van der Waals surface area contributed by atoms with Crippen LogP contribution in [0.25, 0.3) is 11.3 Å². The number of rotatable bonds is 6. The largest absolute Gasteiger partial charge is 0.360 e. The van der Waals surface area contributed by atoms with E-state index in [9.17, 15) is 9.59 Å². The minimum absolute atomic E-state index is 0.0639. The lowest BCUT2D eigenvalue weighted by atomic mass is 10.1. The maximum Gasteiger partial charge on any atom is 0.228 e. The summed E-state index contributed by atoms with van der Waals surface area (Å²) in [6.07, 6.45) is 0.436. The Morgan fingerprint density at radius 1 is 1.18 bits per heavy atom. The van der Waals surface area contributed by atoms with Gasteiger partial charge in [0.05, 0.1) is 18.7 Å². The van der Waals surface area contributed by atoms with Gasteiger partial charge in [0.25, 0.3) is 0 Å². The summed E-state index contributed by atoms with van der Waals surface area (Å²) < 4.78 is 7.08. The smallest absolute Gasteiger partial charge is 0.228 e. The molecule has 0 N–H and O–H groups in total. The summed E-state index contributed by atoms with van der Waals surface area (Å²) in [5.74, 6) is 1.15. The maximum atomic E-state index is 12.5. The molecule has 2 aromatic heterocycles. The zero-order valence-corrected chi connectivity index (χ0v) is 16.1. The SMILES string of the molecule is Cc1cc2n(n1)CCN2C(=O)CCC(=O)Cc1cc(-c2cccc(Cl)c2)no1. The molecule has 0 saturated carbocycles. The Kier molecular flexibility index (Phi) is 5.00. The number of benzene rings is 1. The van der Waals surface area contributed by atoms with Crippen molar-refractivity contribution < 1.29 is 14.1 Å². The zero-order chi connectivity index (χ0) is 19.7. The molecule has 144 valence electrons. The van der Waals surface area contributed by atoms with Crippen molar-refractivity contribution in [3.63, 3.8) is 0 Å². The number of nitrogens with zero attached hydrogens (tertiary/aromatic N) is 4. The molecule has 0 atom stereocenters. The van der Waals surface area contributed by atoms with Crippen molar-refractivity contribution in [2.75, 3.05) is 11.4 Å². The molecule has 3 aromatic rings. The molecule has 1 aliphatic heterocycles. The van der Waals surface area contributed by atoms with Crippen molar-refractivity contribution in [2.24, 2.45) is 0 Å². The van der Waals surface area contributed by atoms with Crippen molar-refractivity contribution in [1.82, 2.24) is 14.9 Å². The Bertz CT molecular complexity index is 1040. The summed E-state index contributed by atoms with van der Waals surface area (Å²) in [7, 11) is 0. The Hall–Kier alpha value is -2.93. The molecule has 0 aliphatic carbocycles. The van der Waals surface area contributed by atoms with Gasteiger partial charge in [0.15, 0.2) is 0 Å². The first-order valence-electron chi connectivity index (χ1n) is 9.07. The topological polar surface area (TPSA) is 81.2 Å². The predicted molar refractivity (Wildman–Crippen MR) is 104 cm³/mol. The summed E-state index contributed by atoms with van der Waals surface area (Å²) in [5.41, 5.74) is 2.33. The third-order valence-electron chi connectivity index (χ3n) is 4.66. The number of carbonyl (C=O) groups excluding carboxylic acids is 2. The first-order chi connectivity index (χ1) is 13.5. The summed E-state index contributed by atoms with van der Waals surface area (Å²) in [5, 5.41) is 8.94. The van der Waals surface area contributed by atoms with Gasteiger partial charge in [-0.3, -0.25) is 14.5 Å². The maximum absolute atomic E-state index is 12.5. The van der Waals surface area contributed by atoms with E-state index in [2.05, 4.69) is 10.3 Å².